The number of amides is 3. The molecule has 292 valence electrons. The maximum atomic E-state index is 15.4. The molecule has 0 aromatic heterocycles. The van der Waals surface area contributed by atoms with E-state index in [1.165, 1.54) is 5.19 Å². The largest absolute Gasteiger partial charge is 0.497 e. The first-order chi connectivity index (χ1) is 27.0. The number of methoxy groups -OCH3 is 2. The lowest BCUT2D eigenvalue weighted by Crippen LogP contribution is -2.52. The van der Waals surface area contributed by atoms with E-state index in [1.807, 2.05) is 77.7 Å². The third-order valence-electron chi connectivity index (χ3n) is 12.9. The number of hydrogen-bond acceptors (Lipinski definition) is 7. The predicted molar refractivity (Wildman–Crippen MR) is 219 cm³/mol. The second-order valence-corrected chi connectivity index (χ2v) is 20.9. The number of carbonyl (C=O) groups excluding carboxylic acids is 3. The zero-order chi connectivity index (χ0) is 39.4. The van der Waals surface area contributed by atoms with Crippen LogP contribution in [0.5, 0.6) is 11.5 Å². The quantitative estimate of drug-likeness (QED) is 0.185. The maximum Gasteiger partial charge on any atom is 0.264 e. The minimum Gasteiger partial charge on any atom is -0.497 e. The zero-order valence-electron chi connectivity index (χ0n) is 32.9. The van der Waals surface area contributed by atoms with E-state index < -0.39 is 19.8 Å². The zero-order valence-corrected chi connectivity index (χ0v) is 33.9. The number of benzene rings is 4. The number of nitrogens with zero attached hydrogens (tertiary/aromatic N) is 3. The van der Waals surface area contributed by atoms with Gasteiger partial charge in [-0.2, -0.15) is 0 Å². The molecule has 3 amide bonds. The van der Waals surface area contributed by atoms with Crippen molar-refractivity contribution < 1.29 is 33.7 Å². The highest BCUT2D eigenvalue weighted by Crippen LogP contribution is 2.60. The van der Waals surface area contributed by atoms with Crippen molar-refractivity contribution in [2.45, 2.75) is 82.0 Å². The van der Waals surface area contributed by atoms with E-state index in [-0.39, 0.29) is 54.8 Å². The predicted octanol–water partition coefficient (Wildman–Crippen LogP) is 6.45. The van der Waals surface area contributed by atoms with Gasteiger partial charge in [-0.15, -0.1) is 0 Å². The van der Waals surface area contributed by atoms with Crippen LogP contribution >= 0.6 is 0 Å². The van der Waals surface area contributed by atoms with Crippen molar-refractivity contribution in [3.05, 3.63) is 108 Å². The summed E-state index contributed by atoms with van der Waals surface area (Å²) in [7, 11) is 0.764. The summed E-state index contributed by atoms with van der Waals surface area (Å²) >= 11 is 0. The van der Waals surface area contributed by atoms with Gasteiger partial charge in [-0.25, -0.2) is 0 Å². The molecule has 4 heterocycles. The van der Waals surface area contributed by atoms with Crippen molar-refractivity contribution in [3.63, 3.8) is 0 Å². The van der Waals surface area contributed by atoms with Crippen LogP contribution in [0.3, 0.4) is 0 Å². The van der Waals surface area contributed by atoms with E-state index >= 15 is 4.79 Å². The van der Waals surface area contributed by atoms with Crippen molar-refractivity contribution in [2.75, 3.05) is 37.2 Å². The molecule has 0 bridgehead atoms. The van der Waals surface area contributed by atoms with Crippen LogP contribution in [0.1, 0.15) is 49.3 Å². The lowest BCUT2D eigenvalue weighted by Gasteiger charge is -2.37. The van der Waals surface area contributed by atoms with Crippen molar-refractivity contribution >= 4 is 48.0 Å². The van der Waals surface area contributed by atoms with Gasteiger partial charge in [0.1, 0.15) is 11.5 Å². The number of aliphatic hydroxyl groups is 1. The van der Waals surface area contributed by atoms with E-state index in [0.29, 0.717) is 25.1 Å². The Morgan fingerprint density at radius 3 is 2.41 bits per heavy atom. The Morgan fingerprint density at radius 1 is 0.911 bits per heavy atom. The van der Waals surface area contributed by atoms with Gasteiger partial charge in [0.05, 0.1) is 65.4 Å². The van der Waals surface area contributed by atoms with E-state index in [4.69, 9.17) is 14.2 Å². The topological polar surface area (TPSA) is 109 Å². The first-order valence-corrected chi connectivity index (χ1v) is 22.8. The normalized spacial score (nSPS) is 24.5. The van der Waals surface area contributed by atoms with Gasteiger partial charge >= 0.3 is 0 Å². The van der Waals surface area contributed by atoms with E-state index in [2.05, 4.69) is 38.2 Å². The highest BCUT2D eigenvalue weighted by molar-refractivity contribution is 6.91. The number of aryl methyl sites for hydroxylation is 1. The molecule has 4 aromatic carbocycles. The number of hydrogen-bond donors (Lipinski definition) is 1. The van der Waals surface area contributed by atoms with E-state index in [0.717, 1.165) is 52.3 Å². The number of anilines is 3. The molecule has 11 heteroatoms. The van der Waals surface area contributed by atoms with Crippen LogP contribution in [-0.4, -0.2) is 75.3 Å². The van der Waals surface area contributed by atoms with Gasteiger partial charge in [-0.1, -0.05) is 67.7 Å². The molecule has 0 aliphatic carbocycles. The second kappa shape index (κ2) is 14.8. The molecule has 1 N–H and O–H groups in total. The Labute approximate surface area is 330 Å². The molecular formula is C45H51N3O7Si. The molecule has 1 spiro atoms. The lowest BCUT2D eigenvalue weighted by molar-refractivity contribution is -0.150. The molecule has 2 saturated heterocycles. The van der Waals surface area contributed by atoms with Gasteiger partial charge in [0.15, 0.2) is 5.60 Å². The third kappa shape index (κ3) is 6.20. The summed E-state index contributed by atoms with van der Waals surface area (Å²) in [6.07, 6.45) is 2.30. The Bertz CT molecular complexity index is 2160. The average molecular weight is 774 g/mol. The molecule has 4 aliphatic rings. The maximum absolute atomic E-state index is 15.4. The van der Waals surface area contributed by atoms with Gasteiger partial charge in [0.2, 0.25) is 11.8 Å². The highest BCUT2D eigenvalue weighted by atomic mass is 28.3. The number of rotatable bonds is 10. The summed E-state index contributed by atoms with van der Waals surface area (Å²) in [5, 5.41) is 11.3. The molecule has 2 fully saturated rings. The molecule has 8 rings (SSSR count). The van der Waals surface area contributed by atoms with Gasteiger partial charge in [-0.05, 0) is 84.5 Å². The monoisotopic (exact) mass is 773 g/mol. The van der Waals surface area contributed by atoms with Crippen LogP contribution in [0.25, 0.3) is 0 Å². The summed E-state index contributed by atoms with van der Waals surface area (Å²) < 4.78 is 18.5. The molecule has 0 radical (unpaired) electrons. The molecule has 4 aromatic rings. The first-order valence-electron chi connectivity index (χ1n) is 19.7. The lowest BCUT2D eigenvalue weighted by atomic mass is 9.82. The molecular weight excluding hydrogens is 723 g/mol. The molecule has 5 atom stereocenters. The van der Waals surface area contributed by atoms with Gasteiger partial charge in [0.25, 0.3) is 5.91 Å². The van der Waals surface area contributed by atoms with Gasteiger partial charge < -0.3 is 29.1 Å². The molecule has 10 nitrogen and oxygen atoms in total. The fraction of sp³-hybridized carbons (Fsp3) is 0.400. The fourth-order valence-electron chi connectivity index (χ4n) is 10.1. The summed E-state index contributed by atoms with van der Waals surface area (Å²) in [5.41, 5.74) is 3.61. The second-order valence-electron chi connectivity index (χ2n) is 16.2. The first kappa shape index (κ1) is 37.9. The molecule has 4 aliphatic heterocycles. The van der Waals surface area contributed by atoms with Crippen molar-refractivity contribution in [1.82, 2.24) is 4.90 Å². The third-order valence-corrected chi connectivity index (χ3v) is 17.3. The van der Waals surface area contributed by atoms with E-state index in [1.54, 1.807) is 24.0 Å². The number of aliphatic hydroxyl groups excluding tert-OH is 1. The van der Waals surface area contributed by atoms with Crippen molar-refractivity contribution in [2.24, 2.45) is 5.92 Å². The Balaban J connectivity index is 1.19. The molecule has 0 saturated carbocycles. The molecule has 56 heavy (non-hydrogen) atoms. The van der Waals surface area contributed by atoms with Crippen LogP contribution in [0.15, 0.2) is 91.0 Å². The fourth-order valence-corrected chi connectivity index (χ4v) is 14.1. The number of para-hydroxylation sites is 1. The number of fused-ring (bicyclic) bond motifs is 3. The number of likely N-dealkylation sites (tertiary alicyclic amines) is 1. The van der Waals surface area contributed by atoms with E-state index in [9.17, 15) is 14.7 Å². The minimum absolute atomic E-state index is 0.0391. The average Bonchev–Trinajstić information content (AvgIpc) is 3.88. The standard InChI is InChI=1S/C45H51N3O7Si/c1-29-43(56(4,5)36-19-16-34(53-2)17-20-36)40(26-42(51)46-23-9-13-33(46)28-49)55-45(29)37-25-35(54-3)18-21-39(37)47(44(45)52)27-30-10-8-12-32(24-30)48-38-14-7-6-11-31(38)15-22-41(48)50/h6-8,10-12,14,16-21,24-25,29,33,40,43,49H,9,13,15,22-23,26-28H2,1-5H3/t29-,33+,40+,43-,45+/m1/s1. The summed E-state index contributed by atoms with van der Waals surface area (Å²) in [5.74, 6) is 0.877. The van der Waals surface area contributed by atoms with Gasteiger partial charge in [0, 0.05) is 30.1 Å². The van der Waals surface area contributed by atoms with Crippen molar-refractivity contribution in [1.29, 1.82) is 0 Å². The van der Waals surface area contributed by atoms with Crippen LogP contribution in [0, 0.1) is 5.92 Å². The summed E-state index contributed by atoms with van der Waals surface area (Å²) in [6, 6.07) is 29.6. The smallest absolute Gasteiger partial charge is 0.264 e. The minimum atomic E-state index is -2.50. The summed E-state index contributed by atoms with van der Waals surface area (Å²) in [4.78, 5) is 48.4. The van der Waals surface area contributed by atoms with Crippen molar-refractivity contribution in [3.8, 4) is 11.5 Å². The van der Waals surface area contributed by atoms with Gasteiger partial charge in [-0.3, -0.25) is 19.3 Å². The number of carbonyl (C=O) groups is 3. The molecule has 0 unspecified atom stereocenters. The summed E-state index contributed by atoms with van der Waals surface area (Å²) in [6.45, 7) is 7.50. The van der Waals surface area contributed by atoms with Crippen LogP contribution in [-0.2, 0) is 37.7 Å². The number of ether oxygens (including phenoxy) is 3. The van der Waals surface area contributed by atoms with Crippen LogP contribution < -0.4 is 24.5 Å². The Morgan fingerprint density at radius 2 is 1.66 bits per heavy atom. The Hall–Kier alpha value is -4.97. The Kier molecular flexibility index (Phi) is 10.0. The SMILES string of the molecule is COc1ccc([Si](C)(C)[C@H]2[C@H](CC(=O)N3CCC[C@H]3CO)O[C@@]3(C(=O)N(Cc4cccc(N5C(=O)CCc6ccccc65)c4)c4ccc(OC)cc43)[C@@H]2C)cc1. The van der Waals surface area contributed by atoms with Crippen LogP contribution in [0.4, 0.5) is 17.1 Å². The van der Waals surface area contributed by atoms with Crippen LogP contribution in [0.2, 0.25) is 18.6 Å². The highest BCUT2D eigenvalue weighted by Gasteiger charge is 2.66.